The standard InChI is InChI=1S/C15H28N2O2S/c1-12-4-3-7-17(11-12)13(2)10-16-14(18)15(19)5-8-20-9-6-15/h12-13,19H,3-11H2,1-2H3,(H,16,18). The first-order valence-corrected chi connectivity index (χ1v) is 8.99. The summed E-state index contributed by atoms with van der Waals surface area (Å²) in [6.45, 7) is 7.35. The van der Waals surface area contributed by atoms with Crippen LogP contribution in [-0.2, 0) is 4.79 Å². The number of likely N-dealkylation sites (tertiary alicyclic amines) is 1. The Hall–Kier alpha value is -0.260. The molecule has 2 rings (SSSR count). The van der Waals surface area contributed by atoms with Crippen LogP contribution in [0.2, 0.25) is 0 Å². The Kier molecular flexibility index (Phi) is 5.75. The van der Waals surface area contributed by atoms with E-state index in [1.807, 2.05) is 11.8 Å². The zero-order chi connectivity index (χ0) is 14.6. The summed E-state index contributed by atoms with van der Waals surface area (Å²) in [6.07, 6.45) is 3.73. The molecule has 2 aliphatic heterocycles. The number of nitrogens with zero attached hydrogens (tertiary/aromatic N) is 1. The molecule has 2 saturated heterocycles. The average molecular weight is 300 g/mol. The molecule has 0 aromatic carbocycles. The van der Waals surface area contributed by atoms with Gasteiger partial charge < -0.3 is 10.4 Å². The lowest BCUT2D eigenvalue weighted by Crippen LogP contribution is -2.53. The van der Waals surface area contributed by atoms with Gasteiger partial charge in [-0.2, -0.15) is 11.8 Å². The predicted molar refractivity (Wildman–Crippen MR) is 84.0 cm³/mol. The fourth-order valence-electron chi connectivity index (χ4n) is 3.10. The highest BCUT2D eigenvalue weighted by molar-refractivity contribution is 7.99. The molecule has 0 aromatic rings. The van der Waals surface area contributed by atoms with E-state index >= 15 is 0 Å². The number of aliphatic hydroxyl groups is 1. The van der Waals surface area contributed by atoms with Crippen molar-refractivity contribution in [1.82, 2.24) is 10.2 Å². The van der Waals surface area contributed by atoms with Gasteiger partial charge in [0.15, 0.2) is 0 Å². The Morgan fingerprint density at radius 3 is 2.85 bits per heavy atom. The predicted octanol–water partition coefficient (Wildman–Crippen LogP) is 1.48. The van der Waals surface area contributed by atoms with Gasteiger partial charge in [0.25, 0.3) is 5.91 Å². The number of nitrogens with one attached hydrogen (secondary N) is 1. The van der Waals surface area contributed by atoms with E-state index in [-0.39, 0.29) is 5.91 Å². The highest BCUT2D eigenvalue weighted by atomic mass is 32.2. The van der Waals surface area contributed by atoms with Crippen molar-refractivity contribution in [3.63, 3.8) is 0 Å². The van der Waals surface area contributed by atoms with Gasteiger partial charge in [-0.3, -0.25) is 9.69 Å². The molecule has 0 radical (unpaired) electrons. The summed E-state index contributed by atoms with van der Waals surface area (Å²) in [4.78, 5) is 14.6. The Morgan fingerprint density at radius 2 is 2.20 bits per heavy atom. The van der Waals surface area contributed by atoms with E-state index < -0.39 is 5.60 Å². The first-order valence-electron chi connectivity index (χ1n) is 7.84. The quantitative estimate of drug-likeness (QED) is 0.826. The van der Waals surface area contributed by atoms with Crippen molar-refractivity contribution in [2.75, 3.05) is 31.1 Å². The molecule has 2 N–H and O–H groups in total. The van der Waals surface area contributed by atoms with Crippen molar-refractivity contribution < 1.29 is 9.90 Å². The molecule has 0 aliphatic carbocycles. The highest BCUT2D eigenvalue weighted by Gasteiger charge is 2.37. The van der Waals surface area contributed by atoms with Gasteiger partial charge in [-0.05, 0) is 56.6 Å². The maximum Gasteiger partial charge on any atom is 0.252 e. The SMILES string of the molecule is CC1CCCN(C(C)CNC(=O)C2(O)CCSCC2)C1. The molecule has 4 nitrogen and oxygen atoms in total. The molecule has 5 heteroatoms. The van der Waals surface area contributed by atoms with Crippen molar-refractivity contribution >= 4 is 17.7 Å². The van der Waals surface area contributed by atoms with E-state index in [4.69, 9.17) is 0 Å². The van der Waals surface area contributed by atoms with E-state index in [2.05, 4.69) is 24.1 Å². The lowest BCUT2D eigenvalue weighted by atomic mass is 9.95. The summed E-state index contributed by atoms with van der Waals surface area (Å²) in [6, 6.07) is 0.350. The average Bonchev–Trinajstić information content (AvgIpc) is 2.45. The molecule has 0 saturated carbocycles. The molecule has 2 fully saturated rings. The van der Waals surface area contributed by atoms with E-state index in [0.29, 0.717) is 25.4 Å². The van der Waals surface area contributed by atoms with Crippen LogP contribution < -0.4 is 5.32 Å². The van der Waals surface area contributed by atoms with Gasteiger partial charge in [0.05, 0.1) is 0 Å². The molecular formula is C15H28N2O2S. The van der Waals surface area contributed by atoms with Crippen LogP contribution in [0.3, 0.4) is 0 Å². The van der Waals surface area contributed by atoms with E-state index in [1.54, 1.807) is 0 Å². The van der Waals surface area contributed by atoms with Crippen LogP contribution in [0.5, 0.6) is 0 Å². The van der Waals surface area contributed by atoms with Gasteiger partial charge in [-0.25, -0.2) is 0 Å². The molecule has 2 heterocycles. The Labute approximate surface area is 126 Å². The minimum absolute atomic E-state index is 0.172. The lowest BCUT2D eigenvalue weighted by Gasteiger charge is -2.36. The zero-order valence-corrected chi connectivity index (χ0v) is 13.5. The van der Waals surface area contributed by atoms with E-state index in [9.17, 15) is 9.90 Å². The van der Waals surface area contributed by atoms with Crippen LogP contribution in [0, 0.1) is 5.92 Å². The summed E-state index contributed by atoms with van der Waals surface area (Å²) in [7, 11) is 0. The number of rotatable bonds is 4. The van der Waals surface area contributed by atoms with Crippen molar-refractivity contribution in [3.8, 4) is 0 Å². The Balaban J connectivity index is 1.77. The van der Waals surface area contributed by atoms with Gasteiger partial charge in [0.1, 0.15) is 5.60 Å². The van der Waals surface area contributed by atoms with Gasteiger partial charge in [0.2, 0.25) is 0 Å². The number of amides is 1. The first-order chi connectivity index (χ1) is 9.51. The Bertz CT molecular complexity index is 332. The van der Waals surface area contributed by atoms with Crippen molar-refractivity contribution in [3.05, 3.63) is 0 Å². The van der Waals surface area contributed by atoms with Crippen LogP contribution in [-0.4, -0.2) is 58.7 Å². The van der Waals surface area contributed by atoms with E-state index in [0.717, 1.165) is 30.5 Å². The molecule has 0 spiro atoms. The summed E-state index contributed by atoms with van der Waals surface area (Å²) < 4.78 is 0. The summed E-state index contributed by atoms with van der Waals surface area (Å²) in [5.74, 6) is 2.34. The van der Waals surface area contributed by atoms with Crippen molar-refractivity contribution in [2.45, 2.75) is 51.2 Å². The summed E-state index contributed by atoms with van der Waals surface area (Å²) in [5.41, 5.74) is -1.12. The number of hydrogen-bond acceptors (Lipinski definition) is 4. The van der Waals surface area contributed by atoms with Gasteiger partial charge in [-0.15, -0.1) is 0 Å². The smallest absolute Gasteiger partial charge is 0.252 e. The second kappa shape index (κ2) is 7.14. The maximum atomic E-state index is 12.2. The Morgan fingerprint density at radius 1 is 1.50 bits per heavy atom. The third-order valence-corrected chi connectivity index (χ3v) is 5.60. The molecular weight excluding hydrogens is 272 g/mol. The molecule has 116 valence electrons. The van der Waals surface area contributed by atoms with Crippen LogP contribution in [0.4, 0.5) is 0 Å². The largest absolute Gasteiger partial charge is 0.380 e. The fourth-order valence-corrected chi connectivity index (χ4v) is 4.26. The van der Waals surface area contributed by atoms with Crippen molar-refractivity contribution in [1.29, 1.82) is 0 Å². The second-order valence-electron chi connectivity index (χ2n) is 6.45. The molecule has 2 atom stereocenters. The first kappa shape index (κ1) is 16.1. The number of thioether (sulfide) groups is 1. The molecule has 0 aromatic heterocycles. The molecule has 2 aliphatic rings. The zero-order valence-electron chi connectivity index (χ0n) is 12.7. The van der Waals surface area contributed by atoms with Crippen molar-refractivity contribution in [2.24, 2.45) is 5.92 Å². The molecule has 1 amide bonds. The third kappa shape index (κ3) is 4.12. The molecule has 0 bridgehead atoms. The minimum atomic E-state index is -1.12. The summed E-state index contributed by atoms with van der Waals surface area (Å²) >= 11 is 1.81. The van der Waals surface area contributed by atoms with Gasteiger partial charge in [0, 0.05) is 19.1 Å². The van der Waals surface area contributed by atoms with Crippen LogP contribution in [0.25, 0.3) is 0 Å². The maximum absolute atomic E-state index is 12.2. The summed E-state index contributed by atoms with van der Waals surface area (Å²) in [5, 5.41) is 13.3. The topological polar surface area (TPSA) is 52.6 Å². The lowest BCUT2D eigenvalue weighted by molar-refractivity contribution is -0.140. The molecule has 2 unspecified atom stereocenters. The molecule has 20 heavy (non-hydrogen) atoms. The van der Waals surface area contributed by atoms with Gasteiger partial charge >= 0.3 is 0 Å². The van der Waals surface area contributed by atoms with Crippen LogP contribution in [0.1, 0.15) is 39.5 Å². The number of carbonyl (C=O) groups is 1. The normalized spacial score (nSPS) is 28.9. The highest BCUT2D eigenvalue weighted by Crippen LogP contribution is 2.27. The fraction of sp³-hybridized carbons (Fsp3) is 0.933. The number of carbonyl (C=O) groups excluding carboxylic acids is 1. The monoisotopic (exact) mass is 300 g/mol. The third-order valence-electron chi connectivity index (χ3n) is 4.61. The van der Waals surface area contributed by atoms with Gasteiger partial charge in [-0.1, -0.05) is 6.92 Å². The minimum Gasteiger partial charge on any atom is -0.380 e. The number of hydrogen-bond donors (Lipinski definition) is 2. The number of piperidine rings is 1. The second-order valence-corrected chi connectivity index (χ2v) is 7.67. The van der Waals surface area contributed by atoms with E-state index in [1.165, 1.54) is 12.8 Å². The van der Waals surface area contributed by atoms with Crippen LogP contribution in [0.15, 0.2) is 0 Å². The van der Waals surface area contributed by atoms with Crippen LogP contribution >= 0.6 is 11.8 Å².